The third kappa shape index (κ3) is 2.40. The lowest BCUT2D eigenvalue weighted by molar-refractivity contribution is -0.130. The highest BCUT2D eigenvalue weighted by molar-refractivity contribution is 5.76. The Bertz CT molecular complexity index is 399. The van der Waals surface area contributed by atoms with Gasteiger partial charge >= 0.3 is 0 Å². The Morgan fingerprint density at radius 1 is 1.39 bits per heavy atom. The number of H-pyrrole nitrogens is 1. The number of amides is 1. The van der Waals surface area contributed by atoms with Crippen molar-refractivity contribution in [1.29, 1.82) is 0 Å². The first kappa shape index (κ1) is 11.7. The summed E-state index contributed by atoms with van der Waals surface area (Å²) in [5, 5.41) is 10.3. The Balaban J connectivity index is 1.45. The summed E-state index contributed by atoms with van der Waals surface area (Å²) >= 11 is 0. The van der Waals surface area contributed by atoms with E-state index in [0.29, 0.717) is 12.8 Å². The molecule has 1 aliphatic heterocycles. The van der Waals surface area contributed by atoms with Gasteiger partial charge < -0.3 is 4.90 Å². The maximum Gasteiger partial charge on any atom is 0.222 e. The van der Waals surface area contributed by atoms with E-state index in [0.717, 1.165) is 30.6 Å². The Morgan fingerprint density at radius 3 is 2.94 bits per heavy atom. The molecule has 5 nitrogen and oxygen atoms in total. The fourth-order valence-corrected chi connectivity index (χ4v) is 3.05. The molecule has 1 aliphatic carbocycles. The van der Waals surface area contributed by atoms with Gasteiger partial charge in [-0.3, -0.25) is 4.79 Å². The van der Waals surface area contributed by atoms with E-state index in [2.05, 4.69) is 15.4 Å². The second-order valence-corrected chi connectivity index (χ2v) is 5.54. The van der Waals surface area contributed by atoms with Crippen molar-refractivity contribution in [2.45, 2.75) is 38.5 Å². The van der Waals surface area contributed by atoms with E-state index in [9.17, 15) is 4.79 Å². The van der Waals surface area contributed by atoms with Crippen molar-refractivity contribution >= 4 is 5.91 Å². The first-order valence-electron chi connectivity index (χ1n) is 6.95. The first-order valence-corrected chi connectivity index (χ1v) is 6.95. The molecule has 1 saturated heterocycles. The smallest absolute Gasteiger partial charge is 0.222 e. The van der Waals surface area contributed by atoms with Crippen molar-refractivity contribution in [2.24, 2.45) is 11.8 Å². The topological polar surface area (TPSA) is 61.9 Å². The third-order valence-corrected chi connectivity index (χ3v) is 4.45. The van der Waals surface area contributed by atoms with Gasteiger partial charge in [0.1, 0.15) is 0 Å². The summed E-state index contributed by atoms with van der Waals surface area (Å²) in [6.07, 6.45) is 8.30. The summed E-state index contributed by atoms with van der Waals surface area (Å²) in [7, 11) is 0. The van der Waals surface area contributed by atoms with Gasteiger partial charge in [-0.15, -0.1) is 0 Å². The minimum absolute atomic E-state index is 0.278. The molecule has 1 aromatic heterocycles. The number of aryl methyl sites for hydroxylation is 1. The van der Waals surface area contributed by atoms with E-state index in [1.807, 2.05) is 4.90 Å². The SMILES string of the molecule is O=C(CCc1cn[nH]n1)N1CCC(C2CCC2)C1. The van der Waals surface area contributed by atoms with Gasteiger partial charge in [-0.25, -0.2) is 0 Å². The van der Waals surface area contributed by atoms with Crippen molar-refractivity contribution < 1.29 is 4.79 Å². The molecular formula is C13H20N4O. The average Bonchev–Trinajstić information content (AvgIpc) is 2.94. The van der Waals surface area contributed by atoms with Gasteiger partial charge in [0.2, 0.25) is 5.91 Å². The van der Waals surface area contributed by atoms with Crippen LogP contribution in [-0.4, -0.2) is 39.3 Å². The number of hydrogen-bond acceptors (Lipinski definition) is 3. The average molecular weight is 248 g/mol. The van der Waals surface area contributed by atoms with Crippen LogP contribution in [0.25, 0.3) is 0 Å². The van der Waals surface area contributed by atoms with Crippen molar-refractivity contribution in [2.75, 3.05) is 13.1 Å². The second kappa shape index (κ2) is 5.08. The number of aromatic amines is 1. The summed E-state index contributed by atoms with van der Waals surface area (Å²) in [6, 6.07) is 0. The van der Waals surface area contributed by atoms with E-state index < -0.39 is 0 Å². The Hall–Kier alpha value is -1.39. The zero-order valence-electron chi connectivity index (χ0n) is 10.6. The molecular weight excluding hydrogens is 228 g/mol. The van der Waals surface area contributed by atoms with Gasteiger partial charge in [-0.05, 0) is 18.3 Å². The monoisotopic (exact) mass is 248 g/mol. The van der Waals surface area contributed by atoms with Gasteiger partial charge in [0.25, 0.3) is 0 Å². The van der Waals surface area contributed by atoms with Crippen LogP contribution in [0.15, 0.2) is 6.20 Å². The highest BCUT2D eigenvalue weighted by atomic mass is 16.2. The molecule has 1 unspecified atom stereocenters. The third-order valence-electron chi connectivity index (χ3n) is 4.45. The van der Waals surface area contributed by atoms with Crippen LogP contribution < -0.4 is 0 Å². The summed E-state index contributed by atoms with van der Waals surface area (Å²) in [5.74, 6) is 1.95. The molecule has 0 bridgehead atoms. The number of carbonyl (C=O) groups is 1. The van der Waals surface area contributed by atoms with E-state index in [-0.39, 0.29) is 5.91 Å². The number of rotatable bonds is 4. The minimum Gasteiger partial charge on any atom is -0.342 e. The molecule has 18 heavy (non-hydrogen) atoms. The van der Waals surface area contributed by atoms with Crippen molar-refractivity contribution in [3.8, 4) is 0 Å². The molecule has 0 radical (unpaired) electrons. The Labute approximate surface area is 107 Å². The van der Waals surface area contributed by atoms with Crippen molar-refractivity contribution in [3.05, 3.63) is 11.9 Å². The number of hydrogen-bond donors (Lipinski definition) is 1. The van der Waals surface area contributed by atoms with Crippen LogP contribution in [0, 0.1) is 11.8 Å². The molecule has 5 heteroatoms. The molecule has 0 spiro atoms. The number of nitrogens with zero attached hydrogens (tertiary/aromatic N) is 3. The number of carbonyl (C=O) groups excluding carboxylic acids is 1. The molecule has 0 aromatic carbocycles. The zero-order valence-corrected chi connectivity index (χ0v) is 10.6. The summed E-state index contributed by atoms with van der Waals surface area (Å²) in [4.78, 5) is 14.1. The highest BCUT2D eigenvalue weighted by Crippen LogP contribution is 2.38. The molecule has 1 amide bonds. The number of nitrogens with one attached hydrogen (secondary N) is 1. The lowest BCUT2D eigenvalue weighted by Crippen LogP contribution is -2.31. The van der Waals surface area contributed by atoms with Gasteiger partial charge in [-0.2, -0.15) is 15.4 Å². The van der Waals surface area contributed by atoms with Gasteiger partial charge in [0.15, 0.2) is 0 Å². The van der Waals surface area contributed by atoms with Crippen LogP contribution >= 0.6 is 0 Å². The van der Waals surface area contributed by atoms with Crippen LogP contribution in [-0.2, 0) is 11.2 Å². The fourth-order valence-electron chi connectivity index (χ4n) is 3.05. The summed E-state index contributed by atoms with van der Waals surface area (Å²) in [5.41, 5.74) is 0.873. The summed E-state index contributed by atoms with van der Waals surface area (Å²) in [6.45, 7) is 1.95. The minimum atomic E-state index is 0.278. The number of aromatic nitrogens is 3. The van der Waals surface area contributed by atoms with E-state index in [4.69, 9.17) is 0 Å². The first-order chi connectivity index (χ1) is 8.83. The van der Waals surface area contributed by atoms with Crippen LogP contribution in [0.3, 0.4) is 0 Å². The summed E-state index contributed by atoms with van der Waals surface area (Å²) < 4.78 is 0. The van der Waals surface area contributed by atoms with Gasteiger partial charge in [0.05, 0.1) is 11.9 Å². The molecule has 2 aliphatic rings. The Kier molecular flexibility index (Phi) is 3.30. The highest BCUT2D eigenvalue weighted by Gasteiger charge is 2.34. The van der Waals surface area contributed by atoms with Gasteiger partial charge in [-0.1, -0.05) is 19.3 Å². The number of likely N-dealkylation sites (tertiary alicyclic amines) is 1. The van der Waals surface area contributed by atoms with Crippen LogP contribution in [0.5, 0.6) is 0 Å². The Morgan fingerprint density at radius 2 is 2.28 bits per heavy atom. The molecule has 2 fully saturated rings. The lowest BCUT2D eigenvalue weighted by atomic mass is 9.75. The predicted octanol–water partition coefficient (Wildman–Crippen LogP) is 1.39. The standard InChI is InChI=1S/C13H20N4O/c18-13(5-4-12-8-14-16-15-12)17-7-6-11(9-17)10-2-1-3-10/h8,10-11H,1-7,9H2,(H,14,15,16). The quantitative estimate of drug-likeness (QED) is 0.875. The van der Waals surface area contributed by atoms with E-state index >= 15 is 0 Å². The lowest BCUT2D eigenvalue weighted by Gasteiger charge is -2.31. The zero-order chi connectivity index (χ0) is 12.4. The predicted molar refractivity (Wildman–Crippen MR) is 66.7 cm³/mol. The molecule has 1 saturated carbocycles. The van der Waals surface area contributed by atoms with E-state index in [1.165, 1.54) is 25.7 Å². The van der Waals surface area contributed by atoms with Crippen molar-refractivity contribution in [1.82, 2.24) is 20.3 Å². The molecule has 98 valence electrons. The molecule has 1 aromatic rings. The molecule has 2 heterocycles. The normalized spacial score (nSPS) is 24.2. The van der Waals surface area contributed by atoms with Crippen LogP contribution in [0.1, 0.15) is 37.8 Å². The maximum atomic E-state index is 12.1. The van der Waals surface area contributed by atoms with E-state index in [1.54, 1.807) is 6.20 Å². The largest absolute Gasteiger partial charge is 0.342 e. The molecule has 1 atom stereocenters. The molecule has 1 N–H and O–H groups in total. The van der Waals surface area contributed by atoms with Crippen LogP contribution in [0.2, 0.25) is 0 Å². The molecule has 3 rings (SSSR count). The van der Waals surface area contributed by atoms with Crippen molar-refractivity contribution in [3.63, 3.8) is 0 Å². The maximum absolute atomic E-state index is 12.1. The second-order valence-electron chi connectivity index (χ2n) is 5.54. The van der Waals surface area contributed by atoms with Crippen LogP contribution in [0.4, 0.5) is 0 Å². The van der Waals surface area contributed by atoms with Gasteiger partial charge in [0, 0.05) is 25.9 Å². The fraction of sp³-hybridized carbons (Fsp3) is 0.769.